The van der Waals surface area contributed by atoms with Gasteiger partial charge in [-0.05, 0) is 24.6 Å². The van der Waals surface area contributed by atoms with Crippen molar-refractivity contribution in [1.82, 2.24) is 4.72 Å². The van der Waals surface area contributed by atoms with Gasteiger partial charge in [-0.2, -0.15) is 4.72 Å². The topological polar surface area (TPSA) is 89.3 Å². The largest absolute Gasteiger partial charge is 0.264 e. The van der Waals surface area contributed by atoms with Gasteiger partial charge in [0.15, 0.2) is 0 Å². The van der Waals surface area contributed by atoms with Crippen molar-refractivity contribution in [3.63, 3.8) is 0 Å². The molecule has 0 aliphatic heterocycles. The van der Waals surface area contributed by atoms with Gasteiger partial charge in [0.2, 0.25) is 16.1 Å². The second kappa shape index (κ2) is 6.89. The molecule has 122 valence electrons. The van der Waals surface area contributed by atoms with Crippen molar-refractivity contribution in [2.75, 3.05) is 0 Å². The second-order valence-corrected chi connectivity index (χ2v) is 7.06. The number of benzene rings is 2. The molecule has 7 heteroatoms. The van der Waals surface area contributed by atoms with Crippen LogP contribution in [0.5, 0.6) is 0 Å². The Bertz CT molecular complexity index is 773. The lowest BCUT2D eigenvalue weighted by molar-refractivity contribution is -0.522. The zero-order chi connectivity index (χ0) is 17.0. The van der Waals surface area contributed by atoms with Crippen LogP contribution in [-0.4, -0.2) is 19.4 Å². The Balaban J connectivity index is 2.37. The molecule has 0 saturated heterocycles. The molecular formula is C16H18N2O4S. The molecule has 23 heavy (non-hydrogen) atoms. The Morgan fingerprint density at radius 2 is 1.61 bits per heavy atom. The summed E-state index contributed by atoms with van der Waals surface area (Å²) in [5.41, 5.74) is 1.48. The highest BCUT2D eigenvalue weighted by Gasteiger charge is 2.32. The fourth-order valence-corrected chi connectivity index (χ4v) is 3.48. The van der Waals surface area contributed by atoms with Crippen LogP contribution < -0.4 is 4.72 Å². The molecule has 0 unspecified atom stereocenters. The molecule has 2 aromatic carbocycles. The van der Waals surface area contributed by atoms with Crippen molar-refractivity contribution >= 4 is 10.0 Å². The average Bonchev–Trinajstić information content (AvgIpc) is 2.53. The standard InChI is InChI=1S/C16H18N2O4S/c1-12-8-10-15(11-9-12)23(21,22)17-16(13(2)18(19)20)14-6-4-3-5-7-14/h3-11,13,16-17H,1-2H3/t13-,16-/m1/s1. The van der Waals surface area contributed by atoms with Gasteiger partial charge in [-0.3, -0.25) is 10.1 Å². The van der Waals surface area contributed by atoms with Gasteiger partial charge in [0.1, 0.15) is 6.04 Å². The summed E-state index contributed by atoms with van der Waals surface area (Å²) in [4.78, 5) is 10.7. The maximum atomic E-state index is 12.5. The van der Waals surface area contributed by atoms with Crippen LogP contribution in [0.15, 0.2) is 59.5 Å². The maximum Gasteiger partial charge on any atom is 0.241 e. The van der Waals surface area contributed by atoms with E-state index >= 15 is 0 Å². The predicted octanol–water partition coefficient (Wildman–Crippen LogP) is 2.68. The van der Waals surface area contributed by atoms with Gasteiger partial charge in [-0.1, -0.05) is 48.0 Å². The molecule has 2 rings (SSSR count). The predicted molar refractivity (Wildman–Crippen MR) is 87.1 cm³/mol. The highest BCUT2D eigenvalue weighted by molar-refractivity contribution is 7.89. The molecule has 0 aliphatic rings. The van der Waals surface area contributed by atoms with E-state index in [1.807, 2.05) is 6.92 Å². The first-order chi connectivity index (χ1) is 10.8. The molecule has 0 fully saturated rings. The van der Waals surface area contributed by atoms with Gasteiger partial charge in [-0.25, -0.2) is 8.42 Å². The highest BCUT2D eigenvalue weighted by Crippen LogP contribution is 2.22. The maximum absolute atomic E-state index is 12.5. The third-order valence-corrected chi connectivity index (χ3v) is 5.04. The Hall–Kier alpha value is -2.25. The molecule has 2 aromatic rings. The summed E-state index contributed by atoms with van der Waals surface area (Å²) < 4.78 is 27.5. The van der Waals surface area contributed by atoms with Crippen LogP contribution in [0.25, 0.3) is 0 Å². The van der Waals surface area contributed by atoms with E-state index in [0.717, 1.165) is 5.56 Å². The number of nitrogens with zero attached hydrogens (tertiary/aromatic N) is 1. The van der Waals surface area contributed by atoms with Crippen LogP contribution in [0.4, 0.5) is 0 Å². The minimum Gasteiger partial charge on any atom is -0.264 e. The van der Waals surface area contributed by atoms with Gasteiger partial charge >= 0.3 is 0 Å². The minimum absolute atomic E-state index is 0.0829. The Morgan fingerprint density at radius 1 is 1.04 bits per heavy atom. The number of hydrogen-bond acceptors (Lipinski definition) is 4. The van der Waals surface area contributed by atoms with Crippen LogP contribution in [-0.2, 0) is 10.0 Å². The smallest absolute Gasteiger partial charge is 0.241 e. The summed E-state index contributed by atoms with van der Waals surface area (Å²) >= 11 is 0. The van der Waals surface area contributed by atoms with Gasteiger partial charge in [0, 0.05) is 11.8 Å². The molecule has 6 nitrogen and oxygen atoms in total. The molecule has 0 heterocycles. The SMILES string of the molecule is Cc1ccc(S(=O)(=O)N[C@@H](c2ccccc2)[C@@H](C)[N+](=O)[O-])cc1. The van der Waals surface area contributed by atoms with Crippen molar-refractivity contribution in [3.05, 3.63) is 75.8 Å². The quantitative estimate of drug-likeness (QED) is 0.649. The molecular weight excluding hydrogens is 316 g/mol. The van der Waals surface area contributed by atoms with Gasteiger partial charge < -0.3 is 0 Å². The van der Waals surface area contributed by atoms with Crippen molar-refractivity contribution in [2.45, 2.75) is 30.8 Å². The number of nitrogens with one attached hydrogen (secondary N) is 1. The van der Waals surface area contributed by atoms with Crippen LogP contribution in [0.3, 0.4) is 0 Å². The summed E-state index contributed by atoms with van der Waals surface area (Å²) in [6.07, 6.45) is 0. The zero-order valence-corrected chi connectivity index (χ0v) is 13.7. The van der Waals surface area contributed by atoms with E-state index in [1.54, 1.807) is 42.5 Å². The molecule has 0 aromatic heterocycles. The third-order valence-electron chi connectivity index (χ3n) is 3.59. The monoisotopic (exact) mass is 334 g/mol. The Kier molecular flexibility index (Phi) is 5.12. The zero-order valence-electron chi connectivity index (χ0n) is 12.8. The van der Waals surface area contributed by atoms with E-state index in [4.69, 9.17) is 0 Å². The average molecular weight is 334 g/mol. The minimum atomic E-state index is -3.86. The van der Waals surface area contributed by atoms with Crippen molar-refractivity contribution in [2.24, 2.45) is 0 Å². The van der Waals surface area contributed by atoms with Gasteiger partial charge in [0.25, 0.3) is 0 Å². The molecule has 1 N–H and O–H groups in total. The summed E-state index contributed by atoms with van der Waals surface area (Å²) in [6.45, 7) is 3.24. The fourth-order valence-electron chi connectivity index (χ4n) is 2.18. The number of sulfonamides is 1. The molecule has 0 amide bonds. The first-order valence-corrected chi connectivity index (χ1v) is 8.57. The van der Waals surface area contributed by atoms with Crippen LogP contribution in [0.1, 0.15) is 24.1 Å². The normalized spacial score (nSPS) is 14.2. The first kappa shape index (κ1) is 17.1. The fraction of sp³-hybridized carbons (Fsp3) is 0.250. The summed E-state index contributed by atoms with van der Waals surface area (Å²) in [6, 6.07) is 12.8. The lowest BCUT2D eigenvalue weighted by atomic mass is 10.0. The van der Waals surface area contributed by atoms with E-state index in [-0.39, 0.29) is 4.90 Å². The van der Waals surface area contributed by atoms with Crippen molar-refractivity contribution in [3.8, 4) is 0 Å². The van der Waals surface area contributed by atoms with E-state index in [1.165, 1.54) is 19.1 Å². The highest BCUT2D eigenvalue weighted by atomic mass is 32.2. The number of aryl methyl sites for hydroxylation is 1. The van der Waals surface area contributed by atoms with Crippen LogP contribution in [0.2, 0.25) is 0 Å². The molecule has 0 aliphatic carbocycles. The molecule has 2 atom stereocenters. The molecule has 0 saturated carbocycles. The van der Waals surface area contributed by atoms with E-state index < -0.39 is 27.0 Å². The van der Waals surface area contributed by atoms with Crippen LogP contribution >= 0.6 is 0 Å². The summed E-state index contributed by atoms with van der Waals surface area (Å²) in [5.74, 6) is 0. The lowest BCUT2D eigenvalue weighted by Crippen LogP contribution is -2.38. The van der Waals surface area contributed by atoms with Crippen molar-refractivity contribution < 1.29 is 13.3 Å². The first-order valence-electron chi connectivity index (χ1n) is 7.09. The van der Waals surface area contributed by atoms with Gasteiger partial charge in [0.05, 0.1) is 4.90 Å². The Morgan fingerprint density at radius 3 is 2.13 bits per heavy atom. The van der Waals surface area contributed by atoms with E-state index in [9.17, 15) is 18.5 Å². The van der Waals surface area contributed by atoms with Crippen LogP contribution in [0, 0.1) is 17.0 Å². The summed E-state index contributed by atoms with van der Waals surface area (Å²) in [7, 11) is -3.86. The molecule has 0 spiro atoms. The Labute approximate surface area is 135 Å². The molecule has 0 bridgehead atoms. The summed E-state index contributed by atoms with van der Waals surface area (Å²) in [5, 5.41) is 11.2. The van der Waals surface area contributed by atoms with E-state index in [0.29, 0.717) is 5.56 Å². The number of hydrogen-bond donors (Lipinski definition) is 1. The number of nitro groups is 1. The van der Waals surface area contributed by atoms with E-state index in [2.05, 4.69) is 4.72 Å². The lowest BCUT2D eigenvalue weighted by Gasteiger charge is -2.20. The second-order valence-electron chi connectivity index (χ2n) is 5.35. The van der Waals surface area contributed by atoms with Gasteiger partial charge in [-0.15, -0.1) is 0 Å². The van der Waals surface area contributed by atoms with Crippen molar-refractivity contribution in [1.29, 1.82) is 0 Å². The number of rotatable bonds is 6. The molecule has 0 radical (unpaired) electrons. The third kappa shape index (κ3) is 4.14.